The van der Waals surface area contributed by atoms with Crippen molar-refractivity contribution in [2.24, 2.45) is 0 Å². The topological polar surface area (TPSA) is 66.4 Å². The van der Waals surface area contributed by atoms with Crippen LogP contribution in [0.25, 0.3) is 0 Å². The summed E-state index contributed by atoms with van der Waals surface area (Å²) < 4.78 is 0. The molecule has 23 heavy (non-hydrogen) atoms. The van der Waals surface area contributed by atoms with Gasteiger partial charge in [-0.05, 0) is 37.6 Å². The molecule has 1 unspecified atom stereocenters. The Morgan fingerprint density at radius 3 is 2.39 bits per heavy atom. The van der Waals surface area contributed by atoms with Crippen molar-refractivity contribution in [3.05, 3.63) is 49.1 Å². The number of amides is 2. The summed E-state index contributed by atoms with van der Waals surface area (Å²) in [5.74, 6) is 0.0755. The number of pyridine rings is 2. The molecule has 0 radical (unpaired) electrons. The first-order valence-corrected chi connectivity index (χ1v) is 7.57. The molecule has 0 N–H and O–H groups in total. The first-order chi connectivity index (χ1) is 11.2. The number of carbonyl (C=O) groups excluding carboxylic acids is 2. The average molecular weight is 310 g/mol. The Kier molecular flexibility index (Phi) is 4.32. The van der Waals surface area contributed by atoms with Gasteiger partial charge in [0.2, 0.25) is 0 Å². The molecule has 2 aromatic heterocycles. The number of anilines is 2. The summed E-state index contributed by atoms with van der Waals surface area (Å²) in [5.41, 5.74) is 1.46. The highest BCUT2D eigenvalue weighted by molar-refractivity contribution is 6.05. The van der Waals surface area contributed by atoms with Gasteiger partial charge < -0.3 is 0 Å². The predicted octanol–water partition coefficient (Wildman–Crippen LogP) is 2.66. The third-order valence-electron chi connectivity index (χ3n) is 3.89. The molecule has 3 heterocycles. The maximum absolute atomic E-state index is 13.0. The maximum atomic E-state index is 13.0. The van der Waals surface area contributed by atoms with Crippen LogP contribution < -0.4 is 9.80 Å². The molecule has 0 spiro atoms. The number of urea groups is 1. The quantitative estimate of drug-likeness (QED) is 0.871. The summed E-state index contributed by atoms with van der Waals surface area (Å²) in [4.78, 5) is 36.1. The molecule has 1 aliphatic rings. The molecule has 6 heteroatoms. The van der Waals surface area contributed by atoms with Crippen molar-refractivity contribution in [2.45, 2.75) is 25.8 Å². The van der Waals surface area contributed by atoms with Crippen LogP contribution in [0.4, 0.5) is 16.2 Å². The molecule has 1 fully saturated rings. The van der Waals surface area contributed by atoms with Gasteiger partial charge in [-0.1, -0.05) is 0 Å². The average Bonchev–Trinajstić information content (AvgIpc) is 2.56. The van der Waals surface area contributed by atoms with Gasteiger partial charge in [0.1, 0.15) is 5.78 Å². The number of aromatic nitrogens is 2. The normalized spacial score (nSPS) is 18.1. The van der Waals surface area contributed by atoms with Crippen molar-refractivity contribution in [3.8, 4) is 0 Å². The first-order valence-electron chi connectivity index (χ1n) is 7.57. The van der Waals surface area contributed by atoms with E-state index in [0.29, 0.717) is 18.7 Å². The number of ketones is 1. The summed E-state index contributed by atoms with van der Waals surface area (Å²) >= 11 is 0. The monoisotopic (exact) mass is 310 g/mol. The summed E-state index contributed by atoms with van der Waals surface area (Å²) in [6, 6.07) is 7.00. The van der Waals surface area contributed by atoms with E-state index in [4.69, 9.17) is 0 Å². The number of hydrogen-bond acceptors (Lipinski definition) is 4. The molecule has 0 aromatic carbocycles. The third-order valence-corrected chi connectivity index (χ3v) is 3.89. The van der Waals surface area contributed by atoms with Crippen LogP contribution in [0.1, 0.15) is 19.8 Å². The van der Waals surface area contributed by atoms with Gasteiger partial charge in [-0.2, -0.15) is 0 Å². The lowest BCUT2D eigenvalue weighted by molar-refractivity contribution is -0.117. The molecule has 1 atom stereocenters. The molecule has 0 bridgehead atoms. The van der Waals surface area contributed by atoms with Crippen molar-refractivity contribution in [1.29, 1.82) is 0 Å². The van der Waals surface area contributed by atoms with Crippen LogP contribution >= 0.6 is 0 Å². The zero-order valence-corrected chi connectivity index (χ0v) is 12.9. The van der Waals surface area contributed by atoms with E-state index in [0.717, 1.165) is 12.1 Å². The van der Waals surface area contributed by atoms with E-state index < -0.39 is 0 Å². The fraction of sp³-hybridized carbons (Fsp3) is 0.294. The molecule has 118 valence electrons. The molecular formula is C17H18N4O2. The molecule has 6 nitrogen and oxygen atoms in total. The summed E-state index contributed by atoms with van der Waals surface area (Å²) in [7, 11) is 0. The molecule has 1 saturated heterocycles. The Bertz CT molecular complexity index is 690. The second kappa shape index (κ2) is 6.56. The second-order valence-corrected chi connectivity index (χ2v) is 5.58. The van der Waals surface area contributed by atoms with E-state index in [-0.39, 0.29) is 17.9 Å². The SMILES string of the molecule is CC(=O)CC1CCN(c2cccnc2)C(=O)N1c1cccnc1. The van der Waals surface area contributed by atoms with Crippen molar-refractivity contribution >= 4 is 23.2 Å². The smallest absolute Gasteiger partial charge is 0.300 e. The van der Waals surface area contributed by atoms with Gasteiger partial charge in [-0.25, -0.2) is 4.79 Å². The van der Waals surface area contributed by atoms with Gasteiger partial charge >= 0.3 is 6.03 Å². The van der Waals surface area contributed by atoms with Crippen LogP contribution in [0.3, 0.4) is 0 Å². The van der Waals surface area contributed by atoms with Gasteiger partial charge in [0.25, 0.3) is 0 Å². The van der Waals surface area contributed by atoms with Crippen molar-refractivity contribution in [2.75, 3.05) is 16.3 Å². The van der Waals surface area contributed by atoms with E-state index in [2.05, 4.69) is 9.97 Å². The lowest BCUT2D eigenvalue weighted by Crippen LogP contribution is -2.55. The van der Waals surface area contributed by atoms with E-state index in [1.807, 2.05) is 12.1 Å². The van der Waals surface area contributed by atoms with Gasteiger partial charge in [0.15, 0.2) is 0 Å². The highest BCUT2D eigenvalue weighted by atomic mass is 16.2. The Balaban J connectivity index is 1.94. The van der Waals surface area contributed by atoms with E-state index in [1.165, 1.54) is 0 Å². The molecule has 2 aromatic rings. The van der Waals surface area contributed by atoms with Gasteiger partial charge in [0, 0.05) is 31.4 Å². The number of hydrogen-bond donors (Lipinski definition) is 0. The van der Waals surface area contributed by atoms with E-state index in [9.17, 15) is 9.59 Å². The lowest BCUT2D eigenvalue weighted by atomic mass is 10.0. The summed E-state index contributed by atoms with van der Waals surface area (Å²) in [6.07, 6.45) is 7.73. The van der Waals surface area contributed by atoms with Crippen molar-refractivity contribution in [1.82, 2.24) is 9.97 Å². The van der Waals surface area contributed by atoms with Crippen LogP contribution in [0.15, 0.2) is 49.1 Å². The fourth-order valence-corrected chi connectivity index (χ4v) is 2.88. The van der Waals surface area contributed by atoms with Crippen LogP contribution in [-0.2, 0) is 4.79 Å². The second-order valence-electron chi connectivity index (χ2n) is 5.58. The number of carbonyl (C=O) groups is 2. The molecule has 1 aliphatic heterocycles. The van der Waals surface area contributed by atoms with Crippen LogP contribution in [0.2, 0.25) is 0 Å². The highest BCUT2D eigenvalue weighted by Crippen LogP contribution is 2.28. The minimum Gasteiger partial charge on any atom is -0.300 e. The Morgan fingerprint density at radius 1 is 1.17 bits per heavy atom. The van der Waals surface area contributed by atoms with Crippen molar-refractivity contribution in [3.63, 3.8) is 0 Å². The third kappa shape index (κ3) is 3.21. The summed E-state index contributed by atoms with van der Waals surface area (Å²) in [6.45, 7) is 2.12. The molecule has 0 aliphatic carbocycles. The zero-order chi connectivity index (χ0) is 16.2. The zero-order valence-electron chi connectivity index (χ0n) is 12.9. The van der Waals surface area contributed by atoms with Gasteiger partial charge in [0.05, 0.1) is 23.8 Å². The van der Waals surface area contributed by atoms with E-state index in [1.54, 1.807) is 53.6 Å². The van der Waals surface area contributed by atoms with Gasteiger partial charge in [-0.15, -0.1) is 0 Å². The highest BCUT2D eigenvalue weighted by Gasteiger charge is 2.35. The van der Waals surface area contributed by atoms with Gasteiger partial charge in [-0.3, -0.25) is 24.6 Å². The Morgan fingerprint density at radius 2 is 1.83 bits per heavy atom. The Hall–Kier alpha value is -2.76. The largest absolute Gasteiger partial charge is 0.329 e. The van der Waals surface area contributed by atoms with Crippen molar-refractivity contribution < 1.29 is 9.59 Å². The molecule has 3 rings (SSSR count). The minimum atomic E-state index is -0.150. The Labute approximate surface area is 134 Å². The predicted molar refractivity (Wildman–Crippen MR) is 87.4 cm³/mol. The number of Topliss-reactive ketones (excluding diaryl/α,β-unsaturated/α-hetero) is 1. The number of nitrogens with zero attached hydrogens (tertiary/aromatic N) is 4. The maximum Gasteiger partial charge on any atom is 0.329 e. The lowest BCUT2D eigenvalue weighted by Gasteiger charge is -2.41. The minimum absolute atomic E-state index is 0.0755. The number of rotatable bonds is 4. The van der Waals surface area contributed by atoms with E-state index >= 15 is 0 Å². The fourth-order valence-electron chi connectivity index (χ4n) is 2.88. The van der Waals surface area contributed by atoms with Crippen LogP contribution in [-0.4, -0.2) is 34.4 Å². The molecule has 2 amide bonds. The first kappa shape index (κ1) is 15.1. The van der Waals surface area contributed by atoms with Crippen LogP contribution in [0.5, 0.6) is 0 Å². The standard InChI is InChI=1S/C17H18N4O2/c1-13(22)10-14-6-9-20(15-4-2-7-18-11-15)17(23)21(14)16-5-3-8-19-12-16/h2-5,7-8,11-12,14H,6,9-10H2,1H3. The van der Waals surface area contributed by atoms with Crippen LogP contribution in [0, 0.1) is 0 Å². The molecule has 0 saturated carbocycles. The molecular weight excluding hydrogens is 292 g/mol. The summed E-state index contributed by atoms with van der Waals surface area (Å²) in [5, 5.41) is 0.